The van der Waals surface area contributed by atoms with Crippen molar-refractivity contribution in [2.75, 3.05) is 23.4 Å². The van der Waals surface area contributed by atoms with Crippen molar-refractivity contribution >= 4 is 23.4 Å². The molecule has 0 unspecified atom stereocenters. The zero-order valence-corrected chi connectivity index (χ0v) is 9.53. The van der Waals surface area contributed by atoms with Crippen LogP contribution in [-0.4, -0.2) is 31.3 Å². The molecule has 1 fully saturated rings. The second-order valence-corrected chi connectivity index (χ2v) is 3.77. The predicted molar refractivity (Wildman–Crippen MR) is 59.8 cm³/mol. The number of amides is 2. The Labute approximate surface area is 105 Å². The fraction of sp³-hybridized carbons (Fsp3) is 0.273. The minimum atomic E-state index is -4.96. The summed E-state index contributed by atoms with van der Waals surface area (Å²) in [5.74, 6) is -2.06. The van der Waals surface area contributed by atoms with Crippen molar-refractivity contribution in [1.29, 1.82) is 0 Å². The number of alkyl halides is 3. The Bertz CT molecular complexity index is 516. The zero-order valence-electron chi connectivity index (χ0n) is 9.53. The van der Waals surface area contributed by atoms with Crippen molar-refractivity contribution in [2.24, 2.45) is 0 Å². The Morgan fingerprint density at radius 1 is 1.37 bits per heavy atom. The maximum Gasteiger partial charge on any atom is 0.471 e. The lowest BCUT2D eigenvalue weighted by Gasteiger charge is -2.14. The van der Waals surface area contributed by atoms with Crippen molar-refractivity contribution in [3.63, 3.8) is 0 Å². The van der Waals surface area contributed by atoms with Crippen LogP contribution in [0.5, 0.6) is 0 Å². The molecule has 2 rings (SSSR count). The molecule has 0 radical (unpaired) electrons. The largest absolute Gasteiger partial charge is 0.471 e. The summed E-state index contributed by atoms with van der Waals surface area (Å²) in [7, 11) is 0. The molecule has 0 aromatic heterocycles. The third-order valence-electron chi connectivity index (χ3n) is 2.43. The molecular weight excluding hydrogens is 265 g/mol. The molecule has 1 aromatic rings. The molecular formula is C11H9F3N2O3. The van der Waals surface area contributed by atoms with E-state index in [9.17, 15) is 22.8 Å². The third-order valence-corrected chi connectivity index (χ3v) is 2.43. The summed E-state index contributed by atoms with van der Waals surface area (Å²) >= 11 is 0. The number of anilines is 2. The molecule has 1 aliphatic rings. The van der Waals surface area contributed by atoms with Gasteiger partial charge in [-0.1, -0.05) is 6.07 Å². The first kappa shape index (κ1) is 13.2. The van der Waals surface area contributed by atoms with Gasteiger partial charge in [-0.3, -0.25) is 9.69 Å². The molecule has 5 nitrogen and oxygen atoms in total. The highest BCUT2D eigenvalue weighted by atomic mass is 19.4. The maximum atomic E-state index is 12.1. The Morgan fingerprint density at radius 3 is 2.68 bits per heavy atom. The van der Waals surface area contributed by atoms with Crippen LogP contribution in [0.2, 0.25) is 0 Å². The fourth-order valence-corrected chi connectivity index (χ4v) is 1.58. The first-order valence-electron chi connectivity index (χ1n) is 5.30. The minimum absolute atomic E-state index is 0.0421. The van der Waals surface area contributed by atoms with E-state index in [1.54, 1.807) is 5.32 Å². The summed E-state index contributed by atoms with van der Waals surface area (Å²) in [5.41, 5.74) is 0.321. The van der Waals surface area contributed by atoms with Crippen LogP contribution in [0, 0.1) is 0 Å². The number of hydrogen-bond acceptors (Lipinski definition) is 3. The van der Waals surface area contributed by atoms with Crippen molar-refractivity contribution in [1.82, 2.24) is 0 Å². The standard InChI is InChI=1S/C11H9F3N2O3/c12-11(13,14)9(17)15-7-2-1-3-8(6-7)16-4-5-19-10(16)18/h1-3,6H,4-5H2,(H,15,17). The second-order valence-electron chi connectivity index (χ2n) is 3.77. The number of nitrogens with one attached hydrogen (secondary N) is 1. The van der Waals surface area contributed by atoms with Crippen molar-refractivity contribution in [3.05, 3.63) is 24.3 Å². The number of ether oxygens (including phenoxy) is 1. The van der Waals surface area contributed by atoms with Gasteiger partial charge in [-0.15, -0.1) is 0 Å². The second kappa shape index (κ2) is 4.79. The van der Waals surface area contributed by atoms with E-state index in [4.69, 9.17) is 4.74 Å². The van der Waals surface area contributed by atoms with Gasteiger partial charge < -0.3 is 10.1 Å². The average molecular weight is 274 g/mol. The van der Waals surface area contributed by atoms with Crippen LogP contribution in [0.4, 0.5) is 29.3 Å². The van der Waals surface area contributed by atoms with Crippen molar-refractivity contribution in [3.8, 4) is 0 Å². The molecule has 8 heteroatoms. The molecule has 0 atom stereocenters. The van der Waals surface area contributed by atoms with Crippen LogP contribution in [0.3, 0.4) is 0 Å². The first-order chi connectivity index (χ1) is 8.88. The Morgan fingerprint density at radius 2 is 2.11 bits per heavy atom. The zero-order chi connectivity index (χ0) is 14.0. The number of nitrogens with zero attached hydrogens (tertiary/aromatic N) is 1. The molecule has 1 saturated heterocycles. The lowest BCUT2D eigenvalue weighted by atomic mass is 10.2. The number of carbonyl (C=O) groups excluding carboxylic acids is 2. The Balaban J connectivity index is 2.16. The summed E-state index contributed by atoms with van der Waals surface area (Å²) in [6.07, 6.45) is -5.53. The first-order valence-corrected chi connectivity index (χ1v) is 5.30. The number of hydrogen-bond donors (Lipinski definition) is 1. The molecule has 19 heavy (non-hydrogen) atoms. The predicted octanol–water partition coefficient (Wildman–Crippen LogP) is 2.14. The van der Waals surface area contributed by atoms with E-state index in [1.807, 2.05) is 0 Å². The van der Waals surface area contributed by atoms with Crippen LogP contribution >= 0.6 is 0 Å². The molecule has 0 bridgehead atoms. The van der Waals surface area contributed by atoms with Gasteiger partial charge in [0.05, 0.1) is 6.54 Å². The van der Waals surface area contributed by atoms with Crippen LogP contribution in [0.1, 0.15) is 0 Å². The van der Waals surface area contributed by atoms with Gasteiger partial charge in [-0.25, -0.2) is 4.79 Å². The molecule has 1 aromatic carbocycles. The van der Waals surface area contributed by atoms with Crippen LogP contribution < -0.4 is 10.2 Å². The summed E-state index contributed by atoms with van der Waals surface area (Å²) in [5, 5.41) is 1.72. The molecule has 0 spiro atoms. The van der Waals surface area contributed by atoms with Crippen molar-refractivity contribution < 1.29 is 27.5 Å². The Hall–Kier alpha value is -2.25. The molecule has 1 aliphatic heterocycles. The van der Waals surface area contributed by atoms with Gasteiger partial charge in [0.1, 0.15) is 6.61 Å². The monoisotopic (exact) mass is 274 g/mol. The van der Waals surface area contributed by atoms with E-state index in [1.165, 1.54) is 29.2 Å². The lowest BCUT2D eigenvalue weighted by molar-refractivity contribution is -0.167. The molecule has 1 heterocycles. The fourth-order valence-electron chi connectivity index (χ4n) is 1.58. The van der Waals surface area contributed by atoms with Gasteiger partial charge in [0, 0.05) is 11.4 Å². The summed E-state index contributed by atoms with van der Waals surface area (Å²) < 4.78 is 41.0. The quantitative estimate of drug-likeness (QED) is 0.898. The summed E-state index contributed by atoms with van der Waals surface area (Å²) in [6.45, 7) is 0.535. The van der Waals surface area contributed by atoms with Crippen LogP contribution in [0.15, 0.2) is 24.3 Å². The van der Waals surface area contributed by atoms with Crippen LogP contribution in [0.25, 0.3) is 0 Å². The highest BCUT2D eigenvalue weighted by Crippen LogP contribution is 2.24. The molecule has 102 valence electrons. The topological polar surface area (TPSA) is 58.6 Å². The van der Waals surface area contributed by atoms with Gasteiger partial charge in [-0.05, 0) is 18.2 Å². The smallest absolute Gasteiger partial charge is 0.447 e. The average Bonchev–Trinajstić information content (AvgIpc) is 2.74. The third kappa shape index (κ3) is 2.95. The van der Waals surface area contributed by atoms with Gasteiger partial charge in [0.2, 0.25) is 0 Å². The number of cyclic esters (lactones) is 1. The Kier molecular flexibility index (Phi) is 3.32. The van der Waals surface area contributed by atoms with E-state index < -0.39 is 18.2 Å². The van der Waals surface area contributed by atoms with E-state index in [2.05, 4.69) is 0 Å². The van der Waals surface area contributed by atoms with Crippen LogP contribution in [-0.2, 0) is 9.53 Å². The van der Waals surface area contributed by atoms with Gasteiger partial charge in [-0.2, -0.15) is 13.2 Å². The molecule has 2 amide bonds. The van der Waals surface area contributed by atoms with E-state index in [0.717, 1.165) is 0 Å². The van der Waals surface area contributed by atoms with E-state index in [0.29, 0.717) is 12.2 Å². The molecule has 0 aliphatic carbocycles. The normalized spacial score (nSPS) is 15.3. The minimum Gasteiger partial charge on any atom is -0.447 e. The highest BCUT2D eigenvalue weighted by Gasteiger charge is 2.38. The molecule has 1 N–H and O–H groups in total. The van der Waals surface area contributed by atoms with Gasteiger partial charge >= 0.3 is 18.2 Å². The number of halogens is 3. The summed E-state index contributed by atoms with van der Waals surface area (Å²) in [4.78, 5) is 23.4. The lowest BCUT2D eigenvalue weighted by Crippen LogP contribution is -2.30. The SMILES string of the molecule is O=C1OCCN1c1cccc(NC(=O)C(F)(F)F)c1. The number of rotatable bonds is 2. The summed E-state index contributed by atoms with van der Waals surface area (Å²) in [6, 6.07) is 5.55. The van der Waals surface area contributed by atoms with Gasteiger partial charge in [0.25, 0.3) is 0 Å². The highest BCUT2D eigenvalue weighted by molar-refractivity contribution is 5.96. The number of carbonyl (C=O) groups is 2. The van der Waals surface area contributed by atoms with E-state index in [-0.39, 0.29) is 12.3 Å². The van der Waals surface area contributed by atoms with Crippen molar-refractivity contribution in [2.45, 2.75) is 6.18 Å². The maximum absolute atomic E-state index is 12.1. The van der Waals surface area contributed by atoms with Gasteiger partial charge in [0.15, 0.2) is 0 Å². The van der Waals surface area contributed by atoms with E-state index >= 15 is 0 Å². The number of benzene rings is 1. The molecule has 0 saturated carbocycles.